The Bertz CT molecular complexity index is 261. The third kappa shape index (κ3) is 4.23. The number of carbonyl (C=O) groups excluding carboxylic acids is 1. The van der Waals surface area contributed by atoms with E-state index in [2.05, 4.69) is 24.1 Å². The summed E-state index contributed by atoms with van der Waals surface area (Å²) in [5.74, 6) is 0.235. The molecule has 3 atom stereocenters. The first-order valence-corrected chi connectivity index (χ1v) is 6.84. The summed E-state index contributed by atoms with van der Waals surface area (Å²) in [6.45, 7) is 7.18. The molecule has 0 saturated carbocycles. The Morgan fingerprint density at radius 3 is 2.89 bits per heavy atom. The molecule has 5 heteroatoms. The maximum atomic E-state index is 11.9. The van der Waals surface area contributed by atoms with E-state index in [1.807, 2.05) is 0 Å². The Hall–Kier alpha value is -0.650. The molecule has 0 radical (unpaired) electrons. The molecule has 106 valence electrons. The first-order chi connectivity index (χ1) is 8.60. The van der Waals surface area contributed by atoms with Gasteiger partial charge >= 0.3 is 0 Å². The highest BCUT2D eigenvalue weighted by molar-refractivity contribution is 5.78. The largest absolute Gasteiger partial charge is 0.380 e. The van der Waals surface area contributed by atoms with E-state index in [9.17, 15) is 4.79 Å². The Morgan fingerprint density at radius 2 is 2.28 bits per heavy atom. The second-order valence-corrected chi connectivity index (χ2v) is 5.10. The van der Waals surface area contributed by atoms with E-state index in [1.54, 1.807) is 7.11 Å². The van der Waals surface area contributed by atoms with Crippen LogP contribution >= 0.6 is 0 Å². The maximum absolute atomic E-state index is 11.9. The fourth-order valence-corrected chi connectivity index (χ4v) is 2.42. The highest BCUT2D eigenvalue weighted by atomic mass is 16.5. The van der Waals surface area contributed by atoms with E-state index in [1.165, 1.54) is 0 Å². The van der Waals surface area contributed by atoms with Crippen LogP contribution in [0.15, 0.2) is 0 Å². The molecule has 5 nitrogen and oxygen atoms in total. The molecule has 0 aromatic carbocycles. The van der Waals surface area contributed by atoms with Crippen molar-refractivity contribution in [1.82, 2.24) is 10.2 Å². The van der Waals surface area contributed by atoms with Crippen molar-refractivity contribution in [3.8, 4) is 0 Å². The minimum atomic E-state index is 0.0943. The molecule has 0 spiro atoms. The molecular formula is C13H27N3O2. The van der Waals surface area contributed by atoms with Gasteiger partial charge in [0.05, 0.1) is 12.0 Å². The zero-order chi connectivity index (χ0) is 13.5. The number of likely N-dealkylation sites (tertiary alicyclic amines) is 1. The van der Waals surface area contributed by atoms with Crippen LogP contribution in [0.4, 0.5) is 0 Å². The molecule has 3 unspecified atom stereocenters. The van der Waals surface area contributed by atoms with E-state index in [0.29, 0.717) is 19.1 Å². The smallest absolute Gasteiger partial charge is 0.224 e. The molecule has 0 aromatic rings. The average molecular weight is 257 g/mol. The number of ether oxygens (including phenoxy) is 1. The van der Waals surface area contributed by atoms with Gasteiger partial charge in [0.25, 0.3) is 0 Å². The second-order valence-electron chi connectivity index (χ2n) is 5.10. The van der Waals surface area contributed by atoms with Crippen LogP contribution in [0.5, 0.6) is 0 Å². The lowest BCUT2D eigenvalue weighted by molar-refractivity contribution is -0.127. The molecule has 3 N–H and O–H groups in total. The van der Waals surface area contributed by atoms with Gasteiger partial charge in [-0.25, -0.2) is 0 Å². The number of hydrogen-bond acceptors (Lipinski definition) is 4. The van der Waals surface area contributed by atoms with Crippen molar-refractivity contribution in [3.05, 3.63) is 0 Å². The summed E-state index contributed by atoms with van der Waals surface area (Å²) in [4.78, 5) is 14.3. The SMILES string of the molecule is COC(C)C(C)N1CCCC(C(=O)NCCN)C1. The first-order valence-electron chi connectivity index (χ1n) is 6.84. The Kier molecular flexibility index (Phi) is 6.60. The molecule has 1 aliphatic heterocycles. The Morgan fingerprint density at radius 1 is 1.56 bits per heavy atom. The fraction of sp³-hybridized carbons (Fsp3) is 0.923. The summed E-state index contributed by atoms with van der Waals surface area (Å²) < 4.78 is 5.37. The van der Waals surface area contributed by atoms with Crippen molar-refractivity contribution >= 4 is 5.91 Å². The first kappa shape index (κ1) is 15.4. The van der Waals surface area contributed by atoms with E-state index in [-0.39, 0.29) is 17.9 Å². The van der Waals surface area contributed by atoms with Crippen LogP contribution in [0, 0.1) is 5.92 Å². The lowest BCUT2D eigenvalue weighted by atomic mass is 9.95. The van der Waals surface area contributed by atoms with Crippen molar-refractivity contribution in [2.24, 2.45) is 11.7 Å². The van der Waals surface area contributed by atoms with Crippen LogP contribution < -0.4 is 11.1 Å². The molecule has 0 aliphatic carbocycles. The van der Waals surface area contributed by atoms with Crippen molar-refractivity contribution in [2.45, 2.75) is 38.8 Å². The monoisotopic (exact) mass is 257 g/mol. The molecular weight excluding hydrogens is 230 g/mol. The number of rotatable bonds is 6. The fourth-order valence-electron chi connectivity index (χ4n) is 2.42. The van der Waals surface area contributed by atoms with Crippen LogP contribution in [0.1, 0.15) is 26.7 Å². The summed E-state index contributed by atoms with van der Waals surface area (Å²) >= 11 is 0. The van der Waals surface area contributed by atoms with Crippen LogP contribution in [-0.4, -0.2) is 56.2 Å². The van der Waals surface area contributed by atoms with Gasteiger partial charge in [-0.3, -0.25) is 9.69 Å². The van der Waals surface area contributed by atoms with Crippen LogP contribution in [0.25, 0.3) is 0 Å². The van der Waals surface area contributed by atoms with Crippen molar-refractivity contribution in [1.29, 1.82) is 0 Å². The van der Waals surface area contributed by atoms with E-state index in [4.69, 9.17) is 10.5 Å². The third-order valence-corrected chi connectivity index (χ3v) is 3.89. The van der Waals surface area contributed by atoms with Gasteiger partial charge in [-0.15, -0.1) is 0 Å². The van der Waals surface area contributed by atoms with Crippen LogP contribution in [-0.2, 0) is 9.53 Å². The normalized spacial score (nSPS) is 24.6. The zero-order valence-corrected chi connectivity index (χ0v) is 11.8. The molecule has 18 heavy (non-hydrogen) atoms. The van der Waals surface area contributed by atoms with Gasteiger partial charge in [0.15, 0.2) is 0 Å². The standard InChI is InChI=1S/C13H27N3O2/c1-10(11(2)18-3)16-8-4-5-12(9-16)13(17)15-7-6-14/h10-12H,4-9,14H2,1-3H3,(H,15,17). The van der Waals surface area contributed by atoms with E-state index in [0.717, 1.165) is 25.9 Å². The number of piperidine rings is 1. The van der Waals surface area contributed by atoms with Gasteiger partial charge in [-0.05, 0) is 33.2 Å². The molecule has 0 bridgehead atoms. The van der Waals surface area contributed by atoms with Gasteiger partial charge in [0.2, 0.25) is 5.91 Å². The molecule has 1 saturated heterocycles. The summed E-state index contributed by atoms with van der Waals surface area (Å²) in [6, 6.07) is 0.347. The van der Waals surface area contributed by atoms with Gasteiger partial charge in [-0.2, -0.15) is 0 Å². The Balaban J connectivity index is 2.47. The number of nitrogens with zero attached hydrogens (tertiary/aromatic N) is 1. The summed E-state index contributed by atoms with van der Waals surface area (Å²) in [6.07, 6.45) is 2.23. The molecule has 1 heterocycles. The van der Waals surface area contributed by atoms with Crippen molar-refractivity contribution < 1.29 is 9.53 Å². The quantitative estimate of drug-likeness (QED) is 0.713. The summed E-state index contributed by atoms with van der Waals surface area (Å²) in [5, 5.41) is 2.88. The molecule has 0 aromatic heterocycles. The van der Waals surface area contributed by atoms with Crippen molar-refractivity contribution in [3.63, 3.8) is 0 Å². The molecule has 1 amide bonds. The van der Waals surface area contributed by atoms with Gasteiger partial charge in [0, 0.05) is 32.8 Å². The second kappa shape index (κ2) is 7.71. The highest BCUT2D eigenvalue weighted by Gasteiger charge is 2.29. The van der Waals surface area contributed by atoms with E-state index >= 15 is 0 Å². The predicted molar refractivity (Wildman–Crippen MR) is 72.3 cm³/mol. The lowest BCUT2D eigenvalue weighted by Gasteiger charge is -2.38. The number of nitrogens with one attached hydrogen (secondary N) is 1. The zero-order valence-electron chi connectivity index (χ0n) is 11.8. The maximum Gasteiger partial charge on any atom is 0.224 e. The van der Waals surface area contributed by atoms with Gasteiger partial charge in [0.1, 0.15) is 0 Å². The van der Waals surface area contributed by atoms with Crippen LogP contribution in [0.3, 0.4) is 0 Å². The highest BCUT2D eigenvalue weighted by Crippen LogP contribution is 2.20. The number of carbonyl (C=O) groups is 1. The third-order valence-electron chi connectivity index (χ3n) is 3.89. The molecule has 1 rings (SSSR count). The van der Waals surface area contributed by atoms with Gasteiger partial charge in [-0.1, -0.05) is 0 Å². The lowest BCUT2D eigenvalue weighted by Crippen LogP contribution is -2.50. The topological polar surface area (TPSA) is 67.6 Å². The number of methoxy groups -OCH3 is 1. The average Bonchev–Trinajstić information content (AvgIpc) is 2.43. The van der Waals surface area contributed by atoms with E-state index < -0.39 is 0 Å². The minimum Gasteiger partial charge on any atom is -0.380 e. The number of nitrogens with two attached hydrogens (primary N) is 1. The van der Waals surface area contributed by atoms with Gasteiger partial charge < -0.3 is 15.8 Å². The van der Waals surface area contributed by atoms with Crippen LogP contribution in [0.2, 0.25) is 0 Å². The summed E-state index contributed by atoms with van der Waals surface area (Å²) in [5.41, 5.74) is 5.40. The molecule has 1 aliphatic rings. The summed E-state index contributed by atoms with van der Waals surface area (Å²) in [7, 11) is 1.73. The number of amides is 1. The minimum absolute atomic E-state index is 0.0943. The molecule has 1 fully saturated rings. The Labute approximate surface area is 110 Å². The predicted octanol–water partition coefficient (Wildman–Crippen LogP) is 0.197. The van der Waals surface area contributed by atoms with Crippen molar-refractivity contribution in [2.75, 3.05) is 33.3 Å². The number of hydrogen-bond donors (Lipinski definition) is 2.